The molecular formula is C15H21NO4S. The molecule has 1 N–H and O–H groups in total. The van der Waals surface area contributed by atoms with E-state index in [-0.39, 0.29) is 11.8 Å². The summed E-state index contributed by atoms with van der Waals surface area (Å²) in [6, 6.07) is 7.28. The molecule has 0 bridgehead atoms. The van der Waals surface area contributed by atoms with Gasteiger partial charge in [0.2, 0.25) is 10.0 Å². The minimum atomic E-state index is -3.60. The topological polar surface area (TPSA) is 74.7 Å². The number of benzene rings is 1. The average molecular weight is 311 g/mol. The third-order valence-electron chi connectivity index (χ3n) is 3.91. The van der Waals surface area contributed by atoms with Gasteiger partial charge in [-0.25, -0.2) is 8.42 Å². The second-order valence-corrected chi connectivity index (χ2v) is 7.37. The van der Waals surface area contributed by atoms with Crippen molar-refractivity contribution in [3.8, 4) is 0 Å². The Bertz CT molecular complexity index is 591. The number of carboxylic acids is 1. The number of aliphatic carboxylic acids is 1. The Morgan fingerprint density at radius 1 is 1.24 bits per heavy atom. The predicted molar refractivity (Wildman–Crippen MR) is 80.4 cm³/mol. The molecule has 1 aromatic carbocycles. The van der Waals surface area contributed by atoms with Crippen molar-refractivity contribution in [2.24, 2.45) is 0 Å². The molecule has 1 fully saturated rings. The van der Waals surface area contributed by atoms with Crippen LogP contribution < -0.4 is 0 Å². The number of hydrogen-bond acceptors (Lipinski definition) is 3. The van der Waals surface area contributed by atoms with Crippen molar-refractivity contribution >= 4 is 16.0 Å². The van der Waals surface area contributed by atoms with Crippen LogP contribution in [0.1, 0.15) is 37.3 Å². The molecule has 0 atom stereocenters. The lowest BCUT2D eigenvalue weighted by atomic mass is 9.93. The van der Waals surface area contributed by atoms with E-state index >= 15 is 0 Å². The van der Waals surface area contributed by atoms with Crippen LogP contribution in [0.4, 0.5) is 0 Å². The molecule has 21 heavy (non-hydrogen) atoms. The first-order valence-electron chi connectivity index (χ1n) is 7.21. The summed E-state index contributed by atoms with van der Waals surface area (Å²) in [6.45, 7) is 1.59. The Balaban J connectivity index is 2.14. The number of rotatable bonds is 7. The lowest BCUT2D eigenvalue weighted by Crippen LogP contribution is -2.47. The van der Waals surface area contributed by atoms with Gasteiger partial charge in [-0.3, -0.25) is 4.79 Å². The first-order chi connectivity index (χ1) is 9.92. The van der Waals surface area contributed by atoms with Crippen LogP contribution in [0, 0.1) is 0 Å². The summed E-state index contributed by atoms with van der Waals surface area (Å²) in [5.41, 5.74) is 1.85. The number of aryl methyl sites for hydroxylation is 1. The molecule has 0 unspecified atom stereocenters. The highest BCUT2D eigenvalue weighted by molar-refractivity contribution is 7.88. The van der Waals surface area contributed by atoms with Gasteiger partial charge >= 0.3 is 5.97 Å². The standard InChI is InChI=1S/C15H21NO4S/c1-2-12-6-8-13(9-7-12)11-21(19,20)16(10-15(17)18)14-4-3-5-14/h6-9,14H,2-5,10-11H2,1H3,(H,17,18). The Morgan fingerprint density at radius 2 is 1.81 bits per heavy atom. The Kier molecular flexibility index (Phi) is 5.00. The monoisotopic (exact) mass is 311 g/mol. The smallest absolute Gasteiger partial charge is 0.318 e. The number of carbonyl (C=O) groups is 1. The lowest BCUT2D eigenvalue weighted by molar-refractivity contribution is -0.137. The quantitative estimate of drug-likeness (QED) is 0.836. The van der Waals surface area contributed by atoms with Gasteiger partial charge in [-0.05, 0) is 30.4 Å². The van der Waals surface area contributed by atoms with E-state index in [2.05, 4.69) is 0 Å². The Hall–Kier alpha value is -1.40. The molecule has 0 heterocycles. The van der Waals surface area contributed by atoms with Gasteiger partial charge in [-0.1, -0.05) is 37.6 Å². The van der Waals surface area contributed by atoms with Gasteiger partial charge < -0.3 is 5.11 Å². The molecule has 5 nitrogen and oxygen atoms in total. The molecule has 6 heteroatoms. The second kappa shape index (κ2) is 6.58. The van der Waals surface area contributed by atoms with E-state index in [1.54, 1.807) is 12.1 Å². The van der Waals surface area contributed by atoms with E-state index in [1.807, 2.05) is 19.1 Å². The van der Waals surface area contributed by atoms with Crippen molar-refractivity contribution in [2.45, 2.75) is 44.4 Å². The molecular weight excluding hydrogens is 290 g/mol. The van der Waals surface area contributed by atoms with Crippen LogP contribution >= 0.6 is 0 Å². The van der Waals surface area contributed by atoms with Gasteiger partial charge in [0.1, 0.15) is 6.54 Å². The molecule has 0 saturated heterocycles. The maximum Gasteiger partial charge on any atom is 0.318 e. The molecule has 0 radical (unpaired) electrons. The van der Waals surface area contributed by atoms with Gasteiger partial charge in [-0.15, -0.1) is 0 Å². The third-order valence-corrected chi connectivity index (χ3v) is 5.75. The SMILES string of the molecule is CCc1ccc(CS(=O)(=O)N(CC(=O)O)C2CCC2)cc1. The van der Waals surface area contributed by atoms with Crippen molar-refractivity contribution in [3.63, 3.8) is 0 Å². The maximum atomic E-state index is 12.5. The lowest BCUT2D eigenvalue weighted by Gasteiger charge is -2.35. The second-order valence-electron chi connectivity index (χ2n) is 5.45. The number of carboxylic acid groups (broad SMARTS) is 1. The summed E-state index contributed by atoms with van der Waals surface area (Å²) in [4.78, 5) is 10.9. The van der Waals surface area contributed by atoms with Crippen LogP contribution in [0.25, 0.3) is 0 Å². The first kappa shape index (κ1) is 16.0. The zero-order valence-corrected chi connectivity index (χ0v) is 13.0. The summed E-state index contributed by atoms with van der Waals surface area (Å²) in [6.07, 6.45) is 3.37. The van der Waals surface area contributed by atoms with E-state index in [0.29, 0.717) is 5.56 Å². The van der Waals surface area contributed by atoms with Crippen molar-refractivity contribution < 1.29 is 18.3 Å². The van der Waals surface area contributed by atoms with Gasteiger partial charge in [0.25, 0.3) is 0 Å². The van der Waals surface area contributed by atoms with E-state index in [9.17, 15) is 13.2 Å². The summed E-state index contributed by atoms with van der Waals surface area (Å²) in [5, 5.41) is 8.94. The summed E-state index contributed by atoms with van der Waals surface area (Å²) >= 11 is 0. The number of nitrogens with zero attached hydrogens (tertiary/aromatic N) is 1. The van der Waals surface area contributed by atoms with Gasteiger partial charge in [0.05, 0.1) is 5.75 Å². The van der Waals surface area contributed by atoms with Gasteiger partial charge in [-0.2, -0.15) is 4.31 Å². The molecule has 1 aromatic rings. The molecule has 0 aliphatic heterocycles. The molecule has 0 aromatic heterocycles. The van der Waals surface area contributed by atoms with Crippen molar-refractivity contribution in [3.05, 3.63) is 35.4 Å². The van der Waals surface area contributed by atoms with Crippen LogP contribution in [0.2, 0.25) is 0 Å². The Morgan fingerprint density at radius 3 is 2.24 bits per heavy atom. The van der Waals surface area contributed by atoms with E-state index in [1.165, 1.54) is 0 Å². The average Bonchev–Trinajstić information content (AvgIpc) is 2.36. The minimum absolute atomic E-state index is 0.138. The highest BCUT2D eigenvalue weighted by atomic mass is 32.2. The number of sulfonamides is 1. The minimum Gasteiger partial charge on any atom is -0.480 e. The third kappa shape index (κ3) is 4.04. The zero-order chi connectivity index (χ0) is 15.5. The van der Waals surface area contributed by atoms with E-state index < -0.39 is 22.5 Å². The molecule has 1 aliphatic carbocycles. The first-order valence-corrected chi connectivity index (χ1v) is 8.82. The molecule has 0 amide bonds. The largest absolute Gasteiger partial charge is 0.480 e. The maximum absolute atomic E-state index is 12.5. The fourth-order valence-corrected chi connectivity index (χ4v) is 4.18. The summed E-state index contributed by atoms with van der Waals surface area (Å²) in [7, 11) is -3.60. The van der Waals surface area contributed by atoms with Crippen LogP contribution in [-0.2, 0) is 27.0 Å². The summed E-state index contributed by atoms with van der Waals surface area (Å²) < 4.78 is 26.1. The molecule has 1 saturated carbocycles. The Labute approximate surface area is 125 Å². The van der Waals surface area contributed by atoms with Crippen LogP contribution in [0.3, 0.4) is 0 Å². The molecule has 2 rings (SSSR count). The molecule has 116 valence electrons. The van der Waals surface area contributed by atoms with Crippen molar-refractivity contribution in [1.29, 1.82) is 0 Å². The fourth-order valence-electron chi connectivity index (χ4n) is 2.43. The van der Waals surface area contributed by atoms with Gasteiger partial charge in [0, 0.05) is 6.04 Å². The van der Waals surface area contributed by atoms with Crippen LogP contribution in [-0.4, -0.2) is 36.4 Å². The van der Waals surface area contributed by atoms with Gasteiger partial charge in [0.15, 0.2) is 0 Å². The van der Waals surface area contributed by atoms with E-state index in [4.69, 9.17) is 5.11 Å². The highest BCUT2D eigenvalue weighted by Crippen LogP contribution is 2.28. The predicted octanol–water partition coefficient (Wildman–Crippen LogP) is 2.02. The fraction of sp³-hybridized carbons (Fsp3) is 0.533. The van der Waals surface area contributed by atoms with Crippen LogP contribution in [0.5, 0.6) is 0 Å². The van der Waals surface area contributed by atoms with Crippen LogP contribution in [0.15, 0.2) is 24.3 Å². The normalized spacial score (nSPS) is 15.9. The highest BCUT2D eigenvalue weighted by Gasteiger charge is 2.35. The van der Waals surface area contributed by atoms with Crippen molar-refractivity contribution in [2.75, 3.05) is 6.54 Å². The number of hydrogen-bond donors (Lipinski definition) is 1. The molecule has 0 spiro atoms. The van der Waals surface area contributed by atoms with Crippen molar-refractivity contribution in [1.82, 2.24) is 4.31 Å². The van der Waals surface area contributed by atoms with E-state index in [0.717, 1.165) is 35.6 Å². The summed E-state index contributed by atoms with van der Waals surface area (Å²) in [5.74, 6) is -1.24. The molecule has 1 aliphatic rings. The zero-order valence-electron chi connectivity index (χ0n) is 12.2.